The van der Waals surface area contributed by atoms with E-state index in [2.05, 4.69) is 4.74 Å². The number of hydrogen-bond acceptors (Lipinski definition) is 5. The molecule has 1 aromatic carbocycles. The molecule has 17 heavy (non-hydrogen) atoms. The van der Waals surface area contributed by atoms with Gasteiger partial charge < -0.3 is 25.4 Å². The second kappa shape index (κ2) is 6.51. The zero-order chi connectivity index (χ0) is 12.8. The SMILES string of the molecule is COCOc1ccc(C(O)C(O)CN)c(F)c1. The molecule has 0 fully saturated rings. The molecule has 0 spiro atoms. The summed E-state index contributed by atoms with van der Waals surface area (Å²) in [5.74, 6) is -0.388. The molecule has 0 aliphatic rings. The number of halogens is 1. The number of aliphatic hydroxyl groups is 2. The fourth-order valence-electron chi connectivity index (χ4n) is 1.30. The van der Waals surface area contributed by atoms with Crippen molar-refractivity contribution in [3.8, 4) is 5.75 Å². The Morgan fingerprint density at radius 1 is 1.41 bits per heavy atom. The first kappa shape index (κ1) is 13.9. The molecule has 0 saturated heterocycles. The van der Waals surface area contributed by atoms with E-state index >= 15 is 0 Å². The van der Waals surface area contributed by atoms with Gasteiger partial charge in [0.25, 0.3) is 0 Å². The summed E-state index contributed by atoms with van der Waals surface area (Å²) in [5.41, 5.74) is 5.16. The van der Waals surface area contributed by atoms with Gasteiger partial charge in [-0.05, 0) is 12.1 Å². The van der Waals surface area contributed by atoms with Crippen LogP contribution in [0.25, 0.3) is 0 Å². The van der Waals surface area contributed by atoms with Gasteiger partial charge in [-0.15, -0.1) is 0 Å². The Kier molecular flexibility index (Phi) is 5.30. The van der Waals surface area contributed by atoms with Crippen LogP contribution in [-0.4, -0.2) is 36.8 Å². The van der Waals surface area contributed by atoms with E-state index in [9.17, 15) is 14.6 Å². The molecule has 1 rings (SSSR count). The average Bonchev–Trinajstić information content (AvgIpc) is 2.34. The van der Waals surface area contributed by atoms with E-state index in [1.165, 1.54) is 19.2 Å². The molecule has 1 aromatic rings. The maximum atomic E-state index is 13.6. The number of nitrogens with two attached hydrogens (primary N) is 1. The molecule has 0 aliphatic carbocycles. The Morgan fingerprint density at radius 3 is 2.65 bits per heavy atom. The van der Waals surface area contributed by atoms with Gasteiger partial charge in [-0.2, -0.15) is 0 Å². The third-order valence-electron chi connectivity index (χ3n) is 2.24. The predicted octanol–water partition coefficient (Wildman–Crippen LogP) is 0.161. The van der Waals surface area contributed by atoms with Gasteiger partial charge in [0.15, 0.2) is 6.79 Å². The molecule has 4 N–H and O–H groups in total. The number of hydrogen-bond donors (Lipinski definition) is 3. The Bertz CT molecular complexity index is 361. The first-order valence-corrected chi connectivity index (χ1v) is 5.07. The number of benzene rings is 1. The molecule has 6 heteroatoms. The maximum absolute atomic E-state index is 13.6. The highest BCUT2D eigenvalue weighted by atomic mass is 19.1. The summed E-state index contributed by atoms with van der Waals surface area (Å²) in [6.07, 6.45) is -2.55. The van der Waals surface area contributed by atoms with Gasteiger partial charge in [-0.25, -0.2) is 4.39 Å². The van der Waals surface area contributed by atoms with Crippen LogP contribution in [0.4, 0.5) is 4.39 Å². The lowest BCUT2D eigenvalue weighted by Crippen LogP contribution is -2.27. The molecule has 96 valence electrons. The molecule has 2 unspecified atom stereocenters. The minimum atomic E-state index is -1.35. The summed E-state index contributed by atoms with van der Waals surface area (Å²) in [5, 5.41) is 18.9. The molecule has 0 bridgehead atoms. The van der Waals surface area contributed by atoms with Crippen molar-refractivity contribution < 1.29 is 24.1 Å². The van der Waals surface area contributed by atoms with Crippen LogP contribution < -0.4 is 10.5 Å². The van der Waals surface area contributed by atoms with E-state index in [4.69, 9.17) is 10.5 Å². The van der Waals surface area contributed by atoms with Crippen LogP contribution in [0.15, 0.2) is 18.2 Å². The Labute approximate surface area is 98.6 Å². The van der Waals surface area contributed by atoms with Crippen LogP contribution >= 0.6 is 0 Å². The van der Waals surface area contributed by atoms with Gasteiger partial charge >= 0.3 is 0 Å². The summed E-state index contributed by atoms with van der Waals surface area (Å²) < 4.78 is 23.3. The number of rotatable bonds is 6. The quantitative estimate of drug-likeness (QED) is 0.622. The molecule has 0 amide bonds. The highest BCUT2D eigenvalue weighted by Gasteiger charge is 2.20. The van der Waals surface area contributed by atoms with Gasteiger partial charge in [-0.3, -0.25) is 0 Å². The molecule has 0 saturated carbocycles. The Balaban J connectivity index is 2.82. The predicted molar refractivity (Wildman–Crippen MR) is 58.9 cm³/mol. The average molecular weight is 245 g/mol. The van der Waals surface area contributed by atoms with Crippen molar-refractivity contribution in [2.45, 2.75) is 12.2 Å². The van der Waals surface area contributed by atoms with E-state index in [0.29, 0.717) is 0 Å². The molecule has 0 radical (unpaired) electrons. The minimum absolute atomic E-state index is 0.00671. The van der Waals surface area contributed by atoms with Crippen molar-refractivity contribution in [2.75, 3.05) is 20.4 Å². The summed E-state index contributed by atoms with van der Waals surface area (Å²) in [7, 11) is 1.45. The lowest BCUT2D eigenvalue weighted by molar-refractivity contribution is 0.0219. The lowest BCUT2D eigenvalue weighted by atomic mass is 10.0. The fourth-order valence-corrected chi connectivity index (χ4v) is 1.30. The number of methoxy groups -OCH3 is 1. The van der Waals surface area contributed by atoms with Gasteiger partial charge in [0, 0.05) is 25.3 Å². The van der Waals surface area contributed by atoms with Gasteiger partial charge in [-0.1, -0.05) is 0 Å². The van der Waals surface area contributed by atoms with Gasteiger partial charge in [0.1, 0.15) is 17.7 Å². The molecule has 5 nitrogen and oxygen atoms in total. The largest absolute Gasteiger partial charge is 0.467 e. The van der Waals surface area contributed by atoms with Crippen molar-refractivity contribution in [1.82, 2.24) is 0 Å². The monoisotopic (exact) mass is 245 g/mol. The van der Waals surface area contributed by atoms with E-state index < -0.39 is 18.0 Å². The second-order valence-electron chi connectivity index (χ2n) is 3.48. The zero-order valence-corrected chi connectivity index (χ0v) is 9.47. The standard InChI is InChI=1S/C11H16FNO4/c1-16-6-17-7-2-3-8(9(12)4-7)11(15)10(14)5-13/h2-4,10-11,14-15H,5-6,13H2,1H3. The number of ether oxygens (including phenoxy) is 2. The van der Waals surface area contributed by atoms with E-state index in [-0.39, 0.29) is 24.7 Å². The highest BCUT2D eigenvalue weighted by Crippen LogP contribution is 2.24. The summed E-state index contributed by atoms with van der Waals surface area (Å²) >= 11 is 0. The summed E-state index contributed by atoms with van der Waals surface area (Å²) in [6.45, 7) is -0.144. The molecule has 0 aliphatic heterocycles. The molecule has 0 heterocycles. The van der Waals surface area contributed by atoms with E-state index in [0.717, 1.165) is 6.07 Å². The van der Waals surface area contributed by atoms with Crippen molar-refractivity contribution in [3.63, 3.8) is 0 Å². The third kappa shape index (κ3) is 3.64. The fraction of sp³-hybridized carbons (Fsp3) is 0.455. The zero-order valence-electron chi connectivity index (χ0n) is 9.47. The van der Waals surface area contributed by atoms with Crippen molar-refractivity contribution in [1.29, 1.82) is 0 Å². The normalized spacial score (nSPS) is 14.4. The maximum Gasteiger partial charge on any atom is 0.188 e. The smallest absolute Gasteiger partial charge is 0.188 e. The summed E-state index contributed by atoms with van der Waals surface area (Å²) in [6, 6.07) is 3.93. The first-order chi connectivity index (χ1) is 8.10. The van der Waals surface area contributed by atoms with E-state index in [1.807, 2.05) is 0 Å². The molecule has 2 atom stereocenters. The van der Waals surface area contributed by atoms with Crippen molar-refractivity contribution in [3.05, 3.63) is 29.6 Å². The van der Waals surface area contributed by atoms with Crippen LogP contribution in [0.2, 0.25) is 0 Å². The van der Waals surface area contributed by atoms with Crippen molar-refractivity contribution >= 4 is 0 Å². The Morgan fingerprint density at radius 2 is 2.12 bits per heavy atom. The first-order valence-electron chi connectivity index (χ1n) is 5.07. The minimum Gasteiger partial charge on any atom is -0.467 e. The lowest BCUT2D eigenvalue weighted by Gasteiger charge is -2.17. The molecule has 0 aromatic heterocycles. The number of aliphatic hydroxyl groups excluding tert-OH is 2. The van der Waals surface area contributed by atoms with Gasteiger partial charge in [0.2, 0.25) is 0 Å². The third-order valence-corrected chi connectivity index (χ3v) is 2.24. The van der Waals surface area contributed by atoms with Crippen LogP contribution in [0.5, 0.6) is 5.75 Å². The second-order valence-corrected chi connectivity index (χ2v) is 3.48. The van der Waals surface area contributed by atoms with Crippen LogP contribution in [0.3, 0.4) is 0 Å². The summed E-state index contributed by atoms with van der Waals surface area (Å²) in [4.78, 5) is 0. The van der Waals surface area contributed by atoms with Crippen molar-refractivity contribution in [2.24, 2.45) is 5.73 Å². The molecular formula is C11H16FNO4. The van der Waals surface area contributed by atoms with Crippen LogP contribution in [0, 0.1) is 5.82 Å². The van der Waals surface area contributed by atoms with Gasteiger partial charge in [0.05, 0.1) is 6.10 Å². The van der Waals surface area contributed by atoms with E-state index in [1.54, 1.807) is 0 Å². The topological polar surface area (TPSA) is 84.9 Å². The van der Waals surface area contributed by atoms with Crippen LogP contribution in [-0.2, 0) is 4.74 Å². The van der Waals surface area contributed by atoms with Crippen LogP contribution in [0.1, 0.15) is 11.7 Å². The Hall–Kier alpha value is -1.21. The molecular weight excluding hydrogens is 229 g/mol. The highest BCUT2D eigenvalue weighted by molar-refractivity contribution is 5.30.